The first-order chi connectivity index (χ1) is 29.8. The second-order valence-corrected chi connectivity index (χ2v) is 19.5. The highest BCUT2D eigenvalue weighted by Gasteiger charge is 2.43. The van der Waals surface area contributed by atoms with E-state index in [2.05, 4.69) is 182 Å². The monoisotopic (exact) mass is 810 g/mol. The maximum atomic E-state index is 7.23. The minimum absolute atomic E-state index is 0.285. The summed E-state index contributed by atoms with van der Waals surface area (Å²) in [5, 5.41) is 9.55. The molecule has 0 aliphatic carbocycles. The lowest BCUT2D eigenvalue weighted by Crippen LogP contribution is -2.44. The third-order valence-electron chi connectivity index (χ3n) is 11.4. The zero-order valence-corrected chi connectivity index (χ0v) is 34.4. The standard InChI is InChI=1S/C52H38B2O4P2/c1-5-19-39(20-6-1)53-55-47-35-29-37-17-13-15-27-45(37)49(47)51(57-53)59(41-23-9-3-10-24-41)43-31-33-44(34-32-43)60(42-25-11-4-12-26-42)52-50-46-28-16-14-18-38(46)30-36-48(50)56-54(58-52)40-21-7-2-8-22-40/h1-36,51-52H/t51-,52-,59?,60?/m0/s1. The molecule has 9 aromatic rings. The third kappa shape index (κ3) is 6.90. The molecule has 4 nitrogen and oxygen atoms in total. The Bertz CT molecular complexity index is 2720. The Morgan fingerprint density at radius 1 is 0.317 bits per heavy atom. The lowest BCUT2D eigenvalue weighted by Gasteiger charge is -2.38. The van der Waals surface area contributed by atoms with E-state index < -0.39 is 30.1 Å². The summed E-state index contributed by atoms with van der Waals surface area (Å²) in [5.41, 5.74) is 4.17. The molecular weight excluding hydrogens is 772 g/mol. The van der Waals surface area contributed by atoms with Crippen molar-refractivity contribution in [3.05, 3.63) is 230 Å². The molecule has 9 aromatic carbocycles. The van der Waals surface area contributed by atoms with Crippen LogP contribution < -0.4 is 41.5 Å². The van der Waals surface area contributed by atoms with Crippen LogP contribution in [0.4, 0.5) is 0 Å². The highest BCUT2D eigenvalue weighted by molar-refractivity contribution is 7.74. The maximum Gasteiger partial charge on any atom is 0.563 e. The molecule has 0 N–H and O–H groups in total. The van der Waals surface area contributed by atoms with E-state index in [0.717, 1.165) is 55.1 Å². The smallest absolute Gasteiger partial charge is 0.532 e. The molecule has 2 unspecified atom stereocenters. The van der Waals surface area contributed by atoms with Gasteiger partial charge in [0.1, 0.15) is 23.2 Å². The summed E-state index contributed by atoms with van der Waals surface area (Å²) in [6, 6.07) is 77.4. The van der Waals surface area contributed by atoms with Crippen LogP contribution in [0.2, 0.25) is 0 Å². The molecule has 4 atom stereocenters. The van der Waals surface area contributed by atoms with Crippen LogP contribution in [0, 0.1) is 0 Å². The van der Waals surface area contributed by atoms with Gasteiger partial charge in [-0.2, -0.15) is 0 Å². The zero-order chi connectivity index (χ0) is 39.8. The fraction of sp³-hybridized carbons (Fsp3) is 0.0385. The van der Waals surface area contributed by atoms with Gasteiger partial charge in [0.25, 0.3) is 0 Å². The van der Waals surface area contributed by atoms with Gasteiger partial charge in [-0.3, -0.25) is 0 Å². The SMILES string of the molecule is c1ccc(B2Oc3ccc4ccccc4c3[C@H](P(c3ccccc3)c3ccc(P(c4ccccc4)[C@@H]4OB(c5ccccc5)Oc5ccc6ccccc6c54)cc3)O2)cc1. The van der Waals surface area contributed by atoms with Crippen molar-refractivity contribution < 1.29 is 18.6 Å². The van der Waals surface area contributed by atoms with Gasteiger partial charge in [-0.1, -0.05) is 206 Å². The summed E-state index contributed by atoms with van der Waals surface area (Å²) in [4.78, 5) is 0. The molecule has 2 aliphatic heterocycles. The summed E-state index contributed by atoms with van der Waals surface area (Å²) >= 11 is 0. The van der Waals surface area contributed by atoms with E-state index in [1.165, 1.54) is 21.2 Å². The molecule has 0 aromatic heterocycles. The van der Waals surface area contributed by atoms with E-state index >= 15 is 0 Å². The Labute approximate surface area is 353 Å². The Balaban J connectivity index is 1.06. The van der Waals surface area contributed by atoms with Gasteiger partial charge < -0.3 is 18.6 Å². The van der Waals surface area contributed by atoms with Gasteiger partial charge >= 0.3 is 14.2 Å². The minimum Gasteiger partial charge on any atom is -0.532 e. The minimum atomic E-state index is -1.10. The Morgan fingerprint density at radius 2 is 0.650 bits per heavy atom. The van der Waals surface area contributed by atoms with E-state index in [4.69, 9.17) is 18.6 Å². The number of fused-ring (bicyclic) bond motifs is 6. The van der Waals surface area contributed by atoms with Crippen molar-refractivity contribution in [2.45, 2.75) is 11.7 Å². The van der Waals surface area contributed by atoms with E-state index in [-0.39, 0.29) is 11.7 Å². The maximum absolute atomic E-state index is 7.23. The highest BCUT2D eigenvalue weighted by Crippen LogP contribution is 2.58. The van der Waals surface area contributed by atoms with Crippen molar-refractivity contribution >= 4 is 83.8 Å². The predicted molar refractivity (Wildman–Crippen MR) is 252 cm³/mol. The van der Waals surface area contributed by atoms with Crippen LogP contribution in [0.15, 0.2) is 218 Å². The van der Waals surface area contributed by atoms with Gasteiger partial charge in [0.15, 0.2) is 0 Å². The third-order valence-corrected chi connectivity index (χ3v) is 16.5. The van der Waals surface area contributed by atoms with E-state index in [1.54, 1.807) is 0 Å². The summed E-state index contributed by atoms with van der Waals surface area (Å²) in [5.74, 6) is 1.16. The number of benzene rings is 9. The molecule has 2 aliphatic rings. The Morgan fingerprint density at radius 3 is 1.05 bits per heavy atom. The molecule has 8 heteroatoms. The summed E-state index contributed by atoms with van der Waals surface area (Å²) in [6.45, 7) is 0. The van der Waals surface area contributed by atoms with Crippen LogP contribution >= 0.6 is 15.8 Å². The van der Waals surface area contributed by atoms with Crippen molar-refractivity contribution in [3.63, 3.8) is 0 Å². The fourth-order valence-corrected chi connectivity index (χ4v) is 13.7. The number of rotatable bonds is 8. The van der Waals surface area contributed by atoms with Gasteiger partial charge in [0, 0.05) is 11.1 Å². The molecule has 2 heterocycles. The molecule has 0 spiro atoms. The van der Waals surface area contributed by atoms with Crippen molar-refractivity contribution in [3.8, 4) is 11.5 Å². The van der Waals surface area contributed by atoms with E-state index in [1.807, 2.05) is 36.4 Å². The van der Waals surface area contributed by atoms with Crippen LogP contribution in [0.1, 0.15) is 22.8 Å². The largest absolute Gasteiger partial charge is 0.563 e. The lowest BCUT2D eigenvalue weighted by atomic mass is 9.77. The molecule has 11 rings (SSSR count). The van der Waals surface area contributed by atoms with Crippen LogP contribution in [0.3, 0.4) is 0 Å². The Kier molecular flexibility index (Phi) is 10.0. The Hall–Kier alpha value is -5.99. The molecular formula is C52H38B2O4P2. The van der Waals surface area contributed by atoms with Gasteiger partial charge in [-0.25, -0.2) is 0 Å². The van der Waals surface area contributed by atoms with Crippen LogP contribution in [-0.2, 0) is 9.31 Å². The van der Waals surface area contributed by atoms with Gasteiger partial charge in [0.2, 0.25) is 0 Å². The second kappa shape index (κ2) is 16.2. The average Bonchev–Trinajstić information content (AvgIpc) is 3.33. The molecule has 60 heavy (non-hydrogen) atoms. The van der Waals surface area contributed by atoms with E-state index in [0.29, 0.717) is 0 Å². The lowest BCUT2D eigenvalue weighted by molar-refractivity contribution is 0.227. The van der Waals surface area contributed by atoms with Gasteiger partial charge in [-0.15, -0.1) is 0 Å². The number of hydrogen-bond acceptors (Lipinski definition) is 4. The molecule has 0 bridgehead atoms. The van der Waals surface area contributed by atoms with Gasteiger partial charge in [-0.05, 0) is 81.7 Å². The normalized spacial score (nSPS) is 16.9. The average molecular weight is 810 g/mol. The van der Waals surface area contributed by atoms with Crippen molar-refractivity contribution in [2.24, 2.45) is 0 Å². The molecule has 0 saturated heterocycles. The topological polar surface area (TPSA) is 36.9 Å². The first kappa shape index (κ1) is 37.0. The molecule has 0 amide bonds. The van der Waals surface area contributed by atoms with Crippen molar-refractivity contribution in [1.29, 1.82) is 0 Å². The summed E-state index contributed by atoms with van der Waals surface area (Å²) < 4.78 is 27.9. The molecule has 0 radical (unpaired) electrons. The summed E-state index contributed by atoms with van der Waals surface area (Å²) in [7, 11) is -3.30. The highest BCUT2D eigenvalue weighted by atomic mass is 31.1. The molecule has 286 valence electrons. The van der Waals surface area contributed by atoms with Crippen LogP contribution in [-0.4, -0.2) is 14.2 Å². The fourth-order valence-electron chi connectivity index (χ4n) is 8.61. The second-order valence-electron chi connectivity index (χ2n) is 15.0. The van der Waals surface area contributed by atoms with Crippen molar-refractivity contribution in [1.82, 2.24) is 0 Å². The first-order valence-electron chi connectivity index (χ1n) is 20.3. The van der Waals surface area contributed by atoms with E-state index in [9.17, 15) is 0 Å². The zero-order valence-electron chi connectivity index (χ0n) is 32.6. The van der Waals surface area contributed by atoms with Gasteiger partial charge in [0.05, 0.1) is 0 Å². The summed E-state index contributed by atoms with van der Waals surface area (Å²) in [6.07, 6.45) is 0. The first-order valence-corrected chi connectivity index (χ1v) is 23.1. The number of hydrogen-bond donors (Lipinski definition) is 0. The molecule has 0 saturated carbocycles. The quantitative estimate of drug-likeness (QED) is 0.113. The van der Waals surface area contributed by atoms with Crippen LogP contribution in [0.25, 0.3) is 21.5 Å². The van der Waals surface area contributed by atoms with Crippen molar-refractivity contribution in [2.75, 3.05) is 0 Å². The molecule has 0 fully saturated rings. The predicted octanol–water partition coefficient (Wildman–Crippen LogP) is 9.86. The van der Waals surface area contributed by atoms with Crippen LogP contribution in [0.5, 0.6) is 11.5 Å².